The second kappa shape index (κ2) is 24.0. The normalized spacial score (nSPS) is 9.59. The number of hydrogen-bond acceptors (Lipinski definition) is 3. The van der Waals surface area contributed by atoms with Crippen LogP contribution >= 0.6 is 12.2 Å². The third-order valence-corrected chi connectivity index (χ3v) is 4.19. The maximum Gasteiger partial charge on any atom is 0.0990 e. The van der Waals surface area contributed by atoms with E-state index in [0.29, 0.717) is 5.41 Å². The van der Waals surface area contributed by atoms with Crippen LogP contribution in [0.4, 0.5) is 5.69 Å². The van der Waals surface area contributed by atoms with Crippen LogP contribution in [0.2, 0.25) is 0 Å². The third kappa shape index (κ3) is 23.0. The molecule has 1 N–H and O–H groups in total. The van der Waals surface area contributed by atoms with Crippen molar-refractivity contribution in [1.82, 2.24) is 0 Å². The summed E-state index contributed by atoms with van der Waals surface area (Å²) < 4.78 is 0. The molecule has 0 spiro atoms. The molecule has 0 heterocycles. The molecular formula is C31H54N2S. The van der Waals surface area contributed by atoms with E-state index in [9.17, 15) is 0 Å². The molecule has 0 aliphatic carbocycles. The van der Waals surface area contributed by atoms with Crippen molar-refractivity contribution in [2.24, 2.45) is 5.41 Å². The smallest absolute Gasteiger partial charge is 0.0990 e. The molecule has 0 radical (unpaired) electrons. The van der Waals surface area contributed by atoms with Gasteiger partial charge in [0.25, 0.3) is 0 Å². The lowest BCUT2D eigenvalue weighted by Gasteiger charge is -2.18. The Morgan fingerprint density at radius 3 is 1.88 bits per heavy atom. The van der Waals surface area contributed by atoms with Crippen molar-refractivity contribution in [2.75, 3.05) is 5.32 Å². The number of hydrogen-bond donors (Lipinski definition) is 1. The number of anilines is 1. The summed E-state index contributed by atoms with van der Waals surface area (Å²) in [6.07, 6.45) is 5.06. The molecule has 34 heavy (non-hydrogen) atoms. The number of aryl methyl sites for hydroxylation is 1. The lowest BCUT2D eigenvalue weighted by atomic mass is 9.87. The predicted octanol–water partition coefficient (Wildman–Crippen LogP) is 11.0. The Labute approximate surface area is 219 Å². The highest BCUT2D eigenvalue weighted by molar-refractivity contribution is 7.80. The summed E-state index contributed by atoms with van der Waals surface area (Å²) in [4.78, 5) is 0.912. The number of benzene rings is 1. The van der Waals surface area contributed by atoms with Crippen molar-refractivity contribution >= 4 is 22.8 Å². The molecule has 0 unspecified atom stereocenters. The van der Waals surface area contributed by atoms with Crippen LogP contribution in [0.25, 0.3) is 0 Å². The maximum absolute atomic E-state index is 8.75. The van der Waals surface area contributed by atoms with E-state index in [1.54, 1.807) is 0 Å². The first-order valence-corrected chi connectivity index (χ1v) is 13.0. The van der Waals surface area contributed by atoms with E-state index in [1.807, 2.05) is 60.6 Å². The van der Waals surface area contributed by atoms with Crippen LogP contribution in [-0.4, -0.2) is 4.86 Å². The van der Waals surface area contributed by atoms with Crippen molar-refractivity contribution in [3.05, 3.63) is 65.4 Å². The largest absolute Gasteiger partial charge is 0.359 e. The monoisotopic (exact) mass is 486 g/mol. The molecule has 0 aliphatic heterocycles. The molecule has 0 saturated heterocycles. The van der Waals surface area contributed by atoms with Crippen molar-refractivity contribution in [3.63, 3.8) is 0 Å². The Balaban J connectivity index is -0.000000210. The van der Waals surface area contributed by atoms with E-state index in [-0.39, 0.29) is 0 Å². The zero-order chi connectivity index (χ0) is 27.9. The fourth-order valence-corrected chi connectivity index (χ4v) is 2.34. The molecule has 0 amide bonds. The van der Waals surface area contributed by atoms with Gasteiger partial charge in [0, 0.05) is 16.2 Å². The standard InChI is InChI=1S/C12H15NS.C12H19N.C3H8.2C2H6/c1-8(2)13-12-7-11(10(4)14)6-5-9(12)3;1-6-11(9-13)10(2)7-8-12(3,4)5;1-3-2;2*1-2/h5-7,13H,1H2,2-4H3;6H,2,7-8H2,1,3-5H3;3H2,1-2H3;2*1-2H3/b;11-6-;;;. The number of nitrogens with zero attached hydrogens (tertiary/aromatic N) is 1. The average molecular weight is 487 g/mol. The summed E-state index contributed by atoms with van der Waals surface area (Å²) >= 11 is 5.13. The second-order valence-corrected chi connectivity index (χ2v) is 9.29. The van der Waals surface area contributed by atoms with E-state index in [4.69, 9.17) is 17.5 Å². The minimum Gasteiger partial charge on any atom is -0.359 e. The van der Waals surface area contributed by atoms with Crippen molar-refractivity contribution in [3.8, 4) is 6.07 Å². The van der Waals surface area contributed by atoms with Crippen LogP contribution in [0.1, 0.15) is 113 Å². The second-order valence-electron chi connectivity index (χ2n) is 8.68. The number of nitriles is 1. The molecule has 1 rings (SSSR count). The van der Waals surface area contributed by atoms with Crippen molar-refractivity contribution in [2.45, 2.75) is 109 Å². The quantitative estimate of drug-likeness (QED) is 0.188. The molecule has 0 bridgehead atoms. The third-order valence-electron chi connectivity index (χ3n) is 3.96. The molecule has 0 aromatic heterocycles. The SMILES string of the molecule is C=C(C)Nc1cc(C(C)=S)ccc1C.C=C(CCC(C)(C)C)/C(C#N)=C\C.CC.CC.CCC. The minimum absolute atomic E-state index is 0.317. The van der Waals surface area contributed by atoms with E-state index < -0.39 is 0 Å². The number of nitrogens with one attached hydrogen (secondary N) is 1. The Morgan fingerprint density at radius 2 is 1.56 bits per heavy atom. The van der Waals surface area contributed by atoms with E-state index >= 15 is 0 Å². The first kappa shape index (κ1) is 39.1. The van der Waals surface area contributed by atoms with Gasteiger partial charge in [-0.2, -0.15) is 5.26 Å². The minimum atomic E-state index is 0.317. The molecule has 0 aliphatic rings. The Bertz CT molecular complexity index is 772. The molecule has 194 valence electrons. The molecule has 1 aromatic carbocycles. The number of allylic oxidation sites excluding steroid dienone is 4. The van der Waals surface area contributed by atoms with E-state index in [0.717, 1.165) is 45.8 Å². The highest BCUT2D eigenvalue weighted by Gasteiger charge is 2.11. The van der Waals surface area contributed by atoms with Gasteiger partial charge in [-0.25, -0.2) is 0 Å². The summed E-state index contributed by atoms with van der Waals surface area (Å²) in [5.74, 6) is 0. The van der Waals surface area contributed by atoms with Crippen LogP contribution in [0.15, 0.2) is 54.3 Å². The van der Waals surface area contributed by atoms with Crippen LogP contribution in [-0.2, 0) is 0 Å². The van der Waals surface area contributed by atoms with Gasteiger partial charge in [-0.1, -0.05) is 112 Å². The van der Waals surface area contributed by atoms with Gasteiger partial charge in [0.1, 0.15) is 0 Å². The predicted molar refractivity (Wildman–Crippen MR) is 163 cm³/mol. The Kier molecular flexibility index (Phi) is 27.5. The van der Waals surface area contributed by atoms with Gasteiger partial charge >= 0.3 is 0 Å². The number of thiocarbonyl (C=S) groups is 1. The van der Waals surface area contributed by atoms with Gasteiger partial charge < -0.3 is 5.32 Å². The van der Waals surface area contributed by atoms with Gasteiger partial charge in [0.2, 0.25) is 0 Å². The van der Waals surface area contributed by atoms with Gasteiger partial charge in [-0.3, -0.25) is 0 Å². The first-order chi connectivity index (χ1) is 15.8. The summed E-state index contributed by atoms with van der Waals surface area (Å²) in [5, 5.41) is 12.0. The topological polar surface area (TPSA) is 35.8 Å². The fraction of sp³-hybridized carbons (Fsp3) is 0.548. The van der Waals surface area contributed by atoms with Crippen molar-refractivity contribution < 1.29 is 0 Å². The first-order valence-electron chi connectivity index (χ1n) is 12.6. The van der Waals surface area contributed by atoms with Crippen LogP contribution in [0.3, 0.4) is 0 Å². The average Bonchev–Trinajstić information content (AvgIpc) is 2.77. The number of rotatable bonds is 6. The summed E-state index contributed by atoms with van der Waals surface area (Å²) in [5.41, 5.74) is 6.31. The van der Waals surface area contributed by atoms with Gasteiger partial charge in [0.15, 0.2) is 0 Å². The summed E-state index contributed by atoms with van der Waals surface area (Å²) in [7, 11) is 0. The molecular weight excluding hydrogens is 432 g/mol. The maximum atomic E-state index is 8.75. The lowest BCUT2D eigenvalue weighted by Crippen LogP contribution is -2.05. The fourth-order valence-electron chi connectivity index (χ4n) is 2.21. The zero-order valence-corrected chi connectivity index (χ0v) is 25.5. The van der Waals surface area contributed by atoms with Crippen LogP contribution < -0.4 is 5.32 Å². The van der Waals surface area contributed by atoms with E-state index in [1.165, 1.54) is 12.0 Å². The Hall–Kier alpha value is -2.18. The highest BCUT2D eigenvalue weighted by Crippen LogP contribution is 2.25. The zero-order valence-electron chi connectivity index (χ0n) is 24.7. The summed E-state index contributed by atoms with van der Waals surface area (Å²) in [6, 6.07) is 8.32. The lowest BCUT2D eigenvalue weighted by molar-refractivity contribution is 0.379. The molecule has 0 fully saturated rings. The van der Waals surface area contributed by atoms with Gasteiger partial charge in [-0.15, -0.1) is 0 Å². The molecule has 3 heteroatoms. The molecule has 0 atom stereocenters. The van der Waals surface area contributed by atoms with Gasteiger partial charge in [-0.05, 0) is 68.7 Å². The van der Waals surface area contributed by atoms with Crippen molar-refractivity contribution in [1.29, 1.82) is 5.26 Å². The molecule has 2 nitrogen and oxygen atoms in total. The summed E-state index contributed by atoms with van der Waals surface area (Å²) in [6.45, 7) is 34.4. The van der Waals surface area contributed by atoms with E-state index in [2.05, 4.69) is 78.2 Å². The Morgan fingerprint density at radius 1 is 1.09 bits per heavy atom. The molecule has 1 aromatic rings. The highest BCUT2D eigenvalue weighted by atomic mass is 32.1. The molecule has 0 saturated carbocycles. The van der Waals surface area contributed by atoms with Crippen LogP contribution in [0, 0.1) is 23.7 Å². The van der Waals surface area contributed by atoms with Gasteiger partial charge in [0.05, 0.1) is 11.6 Å². The van der Waals surface area contributed by atoms with Crippen LogP contribution in [0.5, 0.6) is 0 Å².